The second-order valence-electron chi connectivity index (χ2n) is 5.34. The lowest BCUT2D eigenvalue weighted by Crippen LogP contribution is -2.38. The summed E-state index contributed by atoms with van der Waals surface area (Å²) in [7, 11) is 0. The Bertz CT molecular complexity index is 517. The molecular formula is C16H23N3. The Labute approximate surface area is 115 Å². The molecule has 102 valence electrons. The van der Waals surface area contributed by atoms with E-state index in [1.165, 1.54) is 10.9 Å². The highest BCUT2D eigenvalue weighted by Gasteiger charge is 2.05. The first-order valence-electron chi connectivity index (χ1n) is 6.96. The summed E-state index contributed by atoms with van der Waals surface area (Å²) in [5.41, 5.74) is 2.36. The quantitative estimate of drug-likeness (QED) is 0.835. The monoisotopic (exact) mass is 257 g/mol. The van der Waals surface area contributed by atoms with Crippen LogP contribution in [-0.4, -0.2) is 23.6 Å². The smallest absolute Gasteiger partial charge is 0.0746 e. The van der Waals surface area contributed by atoms with Crippen molar-refractivity contribution in [2.24, 2.45) is 0 Å². The van der Waals surface area contributed by atoms with E-state index >= 15 is 0 Å². The number of hydrogen-bond acceptors (Lipinski definition) is 3. The van der Waals surface area contributed by atoms with E-state index in [9.17, 15) is 0 Å². The van der Waals surface area contributed by atoms with Gasteiger partial charge in [0.25, 0.3) is 0 Å². The number of benzene rings is 1. The molecule has 1 aromatic heterocycles. The number of fused-ring (bicyclic) bond motifs is 1. The number of nitrogens with one attached hydrogen (secondary N) is 2. The van der Waals surface area contributed by atoms with Gasteiger partial charge in [-0.25, -0.2) is 0 Å². The molecule has 1 unspecified atom stereocenters. The first-order chi connectivity index (χ1) is 9.16. The predicted octanol–water partition coefficient (Wildman–Crippen LogP) is 2.71. The third-order valence-corrected chi connectivity index (χ3v) is 3.19. The minimum atomic E-state index is 0.446. The van der Waals surface area contributed by atoms with Crippen LogP contribution in [0.1, 0.15) is 26.3 Å². The van der Waals surface area contributed by atoms with Crippen LogP contribution >= 0.6 is 0 Å². The van der Waals surface area contributed by atoms with E-state index in [1.54, 1.807) is 0 Å². The molecule has 0 radical (unpaired) electrons. The fourth-order valence-corrected chi connectivity index (χ4v) is 2.08. The minimum absolute atomic E-state index is 0.446. The van der Waals surface area contributed by atoms with Crippen molar-refractivity contribution < 1.29 is 0 Å². The first-order valence-corrected chi connectivity index (χ1v) is 6.96. The Kier molecular flexibility index (Phi) is 4.88. The van der Waals surface area contributed by atoms with Crippen LogP contribution in [0.15, 0.2) is 36.5 Å². The lowest BCUT2D eigenvalue weighted by molar-refractivity contribution is 0.474. The lowest BCUT2D eigenvalue weighted by atomic mass is 10.1. The van der Waals surface area contributed by atoms with Gasteiger partial charge in [0.2, 0.25) is 0 Å². The molecule has 0 bridgehead atoms. The highest BCUT2D eigenvalue weighted by atomic mass is 15.0. The summed E-state index contributed by atoms with van der Waals surface area (Å²) in [5, 5.41) is 8.19. The fraction of sp³-hybridized carbons (Fsp3) is 0.438. The van der Waals surface area contributed by atoms with Gasteiger partial charge in [0.05, 0.1) is 5.52 Å². The largest absolute Gasteiger partial charge is 0.313 e. The van der Waals surface area contributed by atoms with Gasteiger partial charge in [-0.2, -0.15) is 0 Å². The van der Waals surface area contributed by atoms with Gasteiger partial charge in [-0.1, -0.05) is 38.1 Å². The molecule has 0 amide bonds. The molecule has 2 aromatic rings. The highest BCUT2D eigenvalue weighted by molar-refractivity contribution is 5.81. The van der Waals surface area contributed by atoms with Crippen molar-refractivity contribution in [2.75, 3.05) is 6.54 Å². The summed E-state index contributed by atoms with van der Waals surface area (Å²) in [6.07, 6.45) is 1.86. The van der Waals surface area contributed by atoms with Crippen LogP contribution in [0.2, 0.25) is 0 Å². The SMILES string of the molecule is CC(C)NCC(C)NCc1cccc2cccnc12. The van der Waals surface area contributed by atoms with E-state index in [1.807, 2.05) is 12.3 Å². The standard InChI is InChI=1S/C16H23N3/c1-12(2)18-10-13(3)19-11-15-7-4-6-14-8-5-9-17-16(14)15/h4-9,12-13,18-19H,10-11H2,1-3H3. The lowest BCUT2D eigenvalue weighted by Gasteiger charge is -2.17. The van der Waals surface area contributed by atoms with Crippen LogP contribution in [0.4, 0.5) is 0 Å². The van der Waals surface area contributed by atoms with E-state index in [2.05, 4.69) is 60.7 Å². The van der Waals surface area contributed by atoms with Crippen LogP contribution in [0.25, 0.3) is 10.9 Å². The molecule has 1 aromatic carbocycles. The van der Waals surface area contributed by atoms with Crippen molar-refractivity contribution in [3.8, 4) is 0 Å². The number of rotatable bonds is 6. The Balaban J connectivity index is 1.98. The molecule has 0 spiro atoms. The summed E-state index contributed by atoms with van der Waals surface area (Å²) in [5.74, 6) is 0. The highest BCUT2D eigenvalue weighted by Crippen LogP contribution is 2.15. The van der Waals surface area contributed by atoms with Gasteiger partial charge in [0.1, 0.15) is 0 Å². The molecule has 0 aliphatic carbocycles. The van der Waals surface area contributed by atoms with Gasteiger partial charge in [-0.3, -0.25) is 4.98 Å². The summed E-state index contributed by atoms with van der Waals surface area (Å²) in [6.45, 7) is 8.38. The molecule has 3 heteroatoms. The van der Waals surface area contributed by atoms with E-state index in [4.69, 9.17) is 0 Å². The third-order valence-electron chi connectivity index (χ3n) is 3.19. The molecule has 0 saturated carbocycles. The predicted molar refractivity (Wildman–Crippen MR) is 81.2 cm³/mol. The van der Waals surface area contributed by atoms with Gasteiger partial charge >= 0.3 is 0 Å². The van der Waals surface area contributed by atoms with Gasteiger partial charge in [-0.15, -0.1) is 0 Å². The first kappa shape index (κ1) is 14.0. The number of para-hydroxylation sites is 1. The zero-order valence-electron chi connectivity index (χ0n) is 12.0. The summed E-state index contributed by atoms with van der Waals surface area (Å²) in [6, 6.07) is 11.4. The average molecular weight is 257 g/mol. The Morgan fingerprint density at radius 2 is 1.84 bits per heavy atom. The topological polar surface area (TPSA) is 37.0 Å². The van der Waals surface area contributed by atoms with Crippen LogP contribution in [0.3, 0.4) is 0 Å². The molecule has 0 saturated heterocycles. The molecule has 19 heavy (non-hydrogen) atoms. The second kappa shape index (κ2) is 6.64. The van der Waals surface area contributed by atoms with Gasteiger partial charge in [0.15, 0.2) is 0 Å². The molecule has 1 atom stereocenters. The van der Waals surface area contributed by atoms with Crippen LogP contribution in [0, 0.1) is 0 Å². The van der Waals surface area contributed by atoms with Crippen LogP contribution in [0.5, 0.6) is 0 Å². The van der Waals surface area contributed by atoms with Crippen LogP contribution < -0.4 is 10.6 Å². The maximum Gasteiger partial charge on any atom is 0.0746 e. The number of pyridine rings is 1. The van der Waals surface area contributed by atoms with E-state index in [-0.39, 0.29) is 0 Å². The summed E-state index contributed by atoms with van der Waals surface area (Å²) >= 11 is 0. The molecule has 2 N–H and O–H groups in total. The molecule has 0 aliphatic heterocycles. The van der Waals surface area contributed by atoms with Gasteiger partial charge in [0, 0.05) is 36.8 Å². The van der Waals surface area contributed by atoms with Gasteiger partial charge in [-0.05, 0) is 18.6 Å². The molecule has 2 rings (SSSR count). The summed E-state index contributed by atoms with van der Waals surface area (Å²) in [4.78, 5) is 4.48. The number of aromatic nitrogens is 1. The molecule has 3 nitrogen and oxygen atoms in total. The maximum absolute atomic E-state index is 4.48. The van der Waals surface area contributed by atoms with Crippen molar-refractivity contribution in [3.05, 3.63) is 42.1 Å². The number of nitrogens with zero attached hydrogens (tertiary/aromatic N) is 1. The zero-order valence-corrected chi connectivity index (χ0v) is 12.0. The summed E-state index contributed by atoms with van der Waals surface area (Å²) < 4.78 is 0. The van der Waals surface area contributed by atoms with Crippen molar-refractivity contribution in [1.29, 1.82) is 0 Å². The molecule has 0 aliphatic rings. The third kappa shape index (κ3) is 4.01. The zero-order chi connectivity index (χ0) is 13.7. The Morgan fingerprint density at radius 3 is 2.63 bits per heavy atom. The second-order valence-corrected chi connectivity index (χ2v) is 5.34. The minimum Gasteiger partial charge on any atom is -0.313 e. The molecular weight excluding hydrogens is 234 g/mol. The van der Waals surface area contributed by atoms with E-state index in [0.29, 0.717) is 12.1 Å². The Hall–Kier alpha value is -1.45. The maximum atomic E-state index is 4.48. The van der Waals surface area contributed by atoms with Crippen molar-refractivity contribution in [1.82, 2.24) is 15.6 Å². The van der Waals surface area contributed by atoms with Crippen molar-refractivity contribution in [2.45, 2.75) is 39.4 Å². The van der Waals surface area contributed by atoms with Crippen molar-refractivity contribution >= 4 is 10.9 Å². The molecule has 0 fully saturated rings. The van der Waals surface area contributed by atoms with E-state index < -0.39 is 0 Å². The average Bonchev–Trinajstić information content (AvgIpc) is 2.42. The Morgan fingerprint density at radius 1 is 1.05 bits per heavy atom. The normalized spacial score (nSPS) is 13.1. The molecule has 1 heterocycles. The van der Waals surface area contributed by atoms with E-state index in [0.717, 1.165) is 18.6 Å². The van der Waals surface area contributed by atoms with Crippen LogP contribution in [-0.2, 0) is 6.54 Å². The van der Waals surface area contributed by atoms with Gasteiger partial charge < -0.3 is 10.6 Å². The fourth-order valence-electron chi connectivity index (χ4n) is 2.08. The van der Waals surface area contributed by atoms with Crippen molar-refractivity contribution in [3.63, 3.8) is 0 Å². The number of hydrogen-bond donors (Lipinski definition) is 2.